The summed E-state index contributed by atoms with van der Waals surface area (Å²) in [4.78, 5) is 28.8. The normalized spacial score (nSPS) is 14.1. The third-order valence-corrected chi connectivity index (χ3v) is 9.14. The van der Waals surface area contributed by atoms with E-state index in [0.717, 1.165) is 49.0 Å². The van der Waals surface area contributed by atoms with Crippen molar-refractivity contribution in [1.29, 1.82) is 0 Å². The lowest BCUT2D eigenvalue weighted by molar-refractivity contribution is 0.0981. The summed E-state index contributed by atoms with van der Waals surface area (Å²) in [7, 11) is -4.14. The molecule has 8 nitrogen and oxygen atoms in total. The van der Waals surface area contributed by atoms with Gasteiger partial charge in [0.2, 0.25) is 0 Å². The number of nitrogens with zero attached hydrogens (tertiary/aromatic N) is 2. The largest absolute Gasteiger partial charge is 0.423 e. The molecule has 43 heavy (non-hydrogen) atoms. The molecule has 1 aliphatic rings. The van der Waals surface area contributed by atoms with Crippen molar-refractivity contribution in [3.05, 3.63) is 130 Å². The molecule has 1 N–H and O–H groups in total. The van der Waals surface area contributed by atoms with E-state index in [-0.39, 0.29) is 16.0 Å². The quantitative estimate of drug-likeness (QED) is 0.240. The number of sulfonamides is 1. The molecule has 218 valence electrons. The number of halogens is 1. The molecule has 0 aliphatic carbocycles. The number of carbonyl (C=O) groups is 1. The van der Waals surface area contributed by atoms with Crippen LogP contribution in [0.2, 0.25) is 5.02 Å². The molecule has 6 rings (SSSR count). The summed E-state index contributed by atoms with van der Waals surface area (Å²) < 4.78 is 32.9. The van der Waals surface area contributed by atoms with Crippen molar-refractivity contribution in [3.8, 4) is 11.1 Å². The number of carbonyl (C=O) groups excluding carboxylic acids is 1. The highest BCUT2D eigenvalue weighted by Crippen LogP contribution is 2.27. The third kappa shape index (κ3) is 6.49. The predicted octanol–water partition coefficient (Wildman–Crippen LogP) is 5.55. The molecule has 1 saturated heterocycles. The van der Waals surface area contributed by atoms with Crippen LogP contribution in [0.3, 0.4) is 0 Å². The van der Waals surface area contributed by atoms with Gasteiger partial charge in [-0.15, -0.1) is 0 Å². The van der Waals surface area contributed by atoms with Crippen molar-refractivity contribution in [3.63, 3.8) is 0 Å². The van der Waals surface area contributed by atoms with Crippen LogP contribution in [0.15, 0.2) is 117 Å². The standard InChI is InChI=1S/C33H28ClN3O5S/c34-27-10-5-23(6-11-27)30-4-2-1-3-26(30)22-36-17-19-37(20-18-36)28-12-7-24(8-13-28)33(39)35-43(40,41)29-14-15-31-25(21-29)9-16-32(38)42-31/h1-16,21H,17-20,22H2,(H,35,39). The summed E-state index contributed by atoms with van der Waals surface area (Å²) in [6.45, 7) is 4.25. The average Bonchev–Trinajstić information content (AvgIpc) is 3.02. The maximum Gasteiger partial charge on any atom is 0.336 e. The summed E-state index contributed by atoms with van der Waals surface area (Å²) >= 11 is 6.08. The molecule has 0 spiro atoms. The summed E-state index contributed by atoms with van der Waals surface area (Å²) in [5, 5.41) is 1.15. The van der Waals surface area contributed by atoms with Gasteiger partial charge in [-0.1, -0.05) is 48.0 Å². The molecule has 0 saturated carbocycles. The zero-order valence-electron chi connectivity index (χ0n) is 23.1. The highest BCUT2D eigenvalue weighted by molar-refractivity contribution is 7.90. The lowest BCUT2D eigenvalue weighted by Gasteiger charge is -2.36. The van der Waals surface area contributed by atoms with Crippen molar-refractivity contribution >= 4 is 44.2 Å². The highest BCUT2D eigenvalue weighted by Gasteiger charge is 2.21. The minimum Gasteiger partial charge on any atom is -0.423 e. The van der Waals surface area contributed by atoms with Crippen molar-refractivity contribution < 1.29 is 17.6 Å². The number of fused-ring (bicyclic) bond motifs is 1. The molecule has 4 aromatic carbocycles. The topological polar surface area (TPSA) is 99.9 Å². The number of hydrogen-bond acceptors (Lipinski definition) is 7. The number of anilines is 1. The second-order valence-electron chi connectivity index (χ2n) is 10.4. The van der Waals surface area contributed by atoms with Gasteiger partial charge in [-0.3, -0.25) is 9.69 Å². The first kappa shape index (κ1) is 28.7. The Morgan fingerprint density at radius 2 is 1.56 bits per heavy atom. The first-order valence-electron chi connectivity index (χ1n) is 13.8. The fourth-order valence-corrected chi connectivity index (χ4v) is 6.39. The zero-order valence-corrected chi connectivity index (χ0v) is 24.6. The molecule has 1 fully saturated rings. The number of amides is 1. The van der Waals surface area contributed by atoms with E-state index >= 15 is 0 Å². The van der Waals surface area contributed by atoms with Crippen molar-refractivity contribution in [2.45, 2.75) is 11.4 Å². The Morgan fingerprint density at radius 3 is 2.30 bits per heavy atom. The van der Waals surface area contributed by atoms with Crippen molar-refractivity contribution in [1.82, 2.24) is 9.62 Å². The van der Waals surface area contributed by atoms with Crippen molar-refractivity contribution in [2.24, 2.45) is 0 Å². The van der Waals surface area contributed by atoms with Crippen LogP contribution < -0.4 is 15.2 Å². The number of hydrogen-bond donors (Lipinski definition) is 1. The Morgan fingerprint density at radius 1 is 0.837 bits per heavy atom. The third-order valence-electron chi connectivity index (χ3n) is 7.56. The zero-order chi connectivity index (χ0) is 30.0. The molecule has 1 aliphatic heterocycles. The molecule has 2 heterocycles. The molecule has 1 aromatic heterocycles. The Labute approximate surface area is 254 Å². The van der Waals surface area contributed by atoms with E-state index in [1.165, 1.54) is 41.5 Å². The van der Waals surface area contributed by atoms with Crippen LogP contribution in [0.25, 0.3) is 22.1 Å². The van der Waals surface area contributed by atoms with E-state index < -0.39 is 21.6 Å². The number of piperazine rings is 1. The fraction of sp³-hybridized carbons (Fsp3) is 0.152. The minimum absolute atomic E-state index is 0.104. The monoisotopic (exact) mass is 613 g/mol. The van der Waals surface area contributed by atoms with E-state index in [2.05, 4.69) is 38.8 Å². The van der Waals surface area contributed by atoms with E-state index in [0.29, 0.717) is 5.39 Å². The van der Waals surface area contributed by atoms with Crippen molar-refractivity contribution in [2.75, 3.05) is 31.1 Å². The molecule has 1 amide bonds. The van der Waals surface area contributed by atoms with Crippen LogP contribution in [-0.4, -0.2) is 45.4 Å². The first-order valence-corrected chi connectivity index (χ1v) is 15.6. The van der Waals surface area contributed by atoms with Gasteiger partial charge in [0.25, 0.3) is 15.9 Å². The van der Waals surface area contributed by atoms with E-state index in [1.807, 2.05) is 36.4 Å². The Balaban J connectivity index is 1.07. The molecular formula is C33H28ClN3O5S. The Hall–Kier alpha value is -4.44. The van der Waals surface area contributed by atoms with Gasteiger partial charge in [0.1, 0.15) is 5.58 Å². The number of rotatable bonds is 7. The second-order valence-corrected chi connectivity index (χ2v) is 12.5. The maximum atomic E-state index is 12.9. The molecule has 5 aromatic rings. The maximum absolute atomic E-state index is 12.9. The predicted molar refractivity (Wildman–Crippen MR) is 168 cm³/mol. The lowest BCUT2D eigenvalue weighted by atomic mass is 9.99. The molecule has 10 heteroatoms. The average molecular weight is 614 g/mol. The highest BCUT2D eigenvalue weighted by atomic mass is 35.5. The molecule has 0 unspecified atom stereocenters. The van der Waals surface area contributed by atoms with Crippen LogP contribution in [0.5, 0.6) is 0 Å². The van der Waals surface area contributed by atoms with Crippen LogP contribution in [0.1, 0.15) is 15.9 Å². The van der Waals surface area contributed by atoms with Gasteiger partial charge >= 0.3 is 5.63 Å². The van der Waals surface area contributed by atoms with Gasteiger partial charge in [0.15, 0.2) is 0 Å². The summed E-state index contributed by atoms with van der Waals surface area (Å²) in [6.07, 6.45) is 0. The van der Waals surface area contributed by atoms with Gasteiger partial charge in [-0.05, 0) is 77.4 Å². The van der Waals surface area contributed by atoms with Crippen LogP contribution >= 0.6 is 11.6 Å². The van der Waals surface area contributed by atoms with Gasteiger partial charge in [-0.2, -0.15) is 0 Å². The lowest BCUT2D eigenvalue weighted by Crippen LogP contribution is -2.46. The molecule has 0 atom stereocenters. The van der Waals surface area contributed by atoms with Gasteiger partial charge < -0.3 is 9.32 Å². The van der Waals surface area contributed by atoms with Crippen LogP contribution in [-0.2, 0) is 16.6 Å². The van der Waals surface area contributed by atoms with Crippen LogP contribution in [0, 0.1) is 0 Å². The SMILES string of the molecule is O=C(NS(=O)(=O)c1ccc2oc(=O)ccc2c1)c1ccc(N2CCN(Cc3ccccc3-c3ccc(Cl)cc3)CC2)cc1. The smallest absolute Gasteiger partial charge is 0.336 e. The molecule has 0 bridgehead atoms. The van der Waals surface area contributed by atoms with Gasteiger partial charge in [-0.25, -0.2) is 17.9 Å². The molecular weight excluding hydrogens is 586 g/mol. The summed E-state index contributed by atoms with van der Waals surface area (Å²) in [5.74, 6) is -0.726. The summed E-state index contributed by atoms with van der Waals surface area (Å²) in [6, 6.07) is 30.0. The Kier molecular flexibility index (Phi) is 8.03. The number of nitrogens with one attached hydrogen (secondary N) is 1. The fourth-order valence-electron chi connectivity index (χ4n) is 5.25. The van der Waals surface area contributed by atoms with Crippen LogP contribution in [0.4, 0.5) is 5.69 Å². The van der Waals surface area contributed by atoms with E-state index in [9.17, 15) is 18.0 Å². The first-order chi connectivity index (χ1) is 20.7. The second kappa shape index (κ2) is 12.0. The van der Waals surface area contributed by atoms with Gasteiger partial charge in [0.05, 0.1) is 4.90 Å². The minimum atomic E-state index is -4.14. The van der Waals surface area contributed by atoms with E-state index in [1.54, 1.807) is 12.1 Å². The molecule has 0 radical (unpaired) electrons. The summed E-state index contributed by atoms with van der Waals surface area (Å²) in [5.41, 5.74) is 4.54. The van der Waals surface area contributed by atoms with Gasteiger partial charge in [0, 0.05) is 60.4 Å². The Bertz CT molecular complexity index is 1950. The van der Waals surface area contributed by atoms with E-state index in [4.69, 9.17) is 16.0 Å². The number of benzene rings is 4.